The lowest BCUT2D eigenvalue weighted by Crippen LogP contribution is -2.13. The van der Waals surface area contributed by atoms with E-state index in [0.717, 1.165) is 28.3 Å². The van der Waals surface area contributed by atoms with Crippen molar-refractivity contribution in [1.29, 1.82) is 0 Å². The lowest BCUT2D eigenvalue weighted by atomic mass is 9.98. The lowest BCUT2D eigenvalue weighted by molar-refractivity contribution is -0.137. The number of hydrogen-bond donors (Lipinski definition) is 1. The molecule has 21 heavy (non-hydrogen) atoms. The minimum Gasteiger partial charge on any atom is -0.320 e. The second-order valence-corrected chi connectivity index (χ2v) is 5.94. The Balaban J connectivity index is 2.25. The number of alkyl halides is 3. The first-order chi connectivity index (χ1) is 9.91. The maximum atomic E-state index is 12.7. The normalized spacial score (nSPS) is 13.2. The number of rotatable bonds is 4. The standard InChI is InChI=1S/C16H16F3NS/c1-2-21-14-8-6-11(7-9-14)15(20)12-4-3-5-13(10-12)16(17,18)19/h3-10,15H,2,20H2,1H3. The zero-order valence-corrected chi connectivity index (χ0v) is 12.3. The van der Waals surface area contributed by atoms with Gasteiger partial charge in [0, 0.05) is 4.90 Å². The molecule has 0 radical (unpaired) electrons. The second kappa shape index (κ2) is 6.54. The first-order valence-corrected chi connectivity index (χ1v) is 7.56. The van der Waals surface area contributed by atoms with Gasteiger partial charge in [0.2, 0.25) is 0 Å². The highest BCUT2D eigenvalue weighted by molar-refractivity contribution is 7.99. The fourth-order valence-electron chi connectivity index (χ4n) is 2.04. The topological polar surface area (TPSA) is 26.0 Å². The van der Waals surface area contributed by atoms with Gasteiger partial charge in [0.05, 0.1) is 11.6 Å². The average molecular weight is 311 g/mol. The molecule has 1 unspecified atom stereocenters. The van der Waals surface area contributed by atoms with Gasteiger partial charge in [-0.1, -0.05) is 31.2 Å². The van der Waals surface area contributed by atoms with Crippen LogP contribution in [0.25, 0.3) is 0 Å². The minimum absolute atomic E-state index is 0.459. The van der Waals surface area contributed by atoms with E-state index in [0.29, 0.717) is 5.56 Å². The summed E-state index contributed by atoms with van der Waals surface area (Å²) in [6.45, 7) is 2.06. The van der Waals surface area contributed by atoms with Crippen LogP contribution < -0.4 is 5.73 Å². The van der Waals surface area contributed by atoms with Crippen LogP contribution in [0.15, 0.2) is 53.4 Å². The molecule has 0 aliphatic rings. The smallest absolute Gasteiger partial charge is 0.320 e. The highest BCUT2D eigenvalue weighted by Gasteiger charge is 2.30. The van der Waals surface area contributed by atoms with E-state index >= 15 is 0 Å². The highest BCUT2D eigenvalue weighted by atomic mass is 32.2. The summed E-state index contributed by atoms with van der Waals surface area (Å²) in [6.07, 6.45) is -4.35. The molecule has 0 bridgehead atoms. The van der Waals surface area contributed by atoms with Gasteiger partial charge in [-0.15, -0.1) is 11.8 Å². The first-order valence-electron chi connectivity index (χ1n) is 6.57. The molecular weight excluding hydrogens is 295 g/mol. The van der Waals surface area contributed by atoms with E-state index in [1.807, 2.05) is 24.3 Å². The Labute approximate surface area is 126 Å². The third-order valence-electron chi connectivity index (χ3n) is 3.12. The van der Waals surface area contributed by atoms with Crippen molar-refractivity contribution in [2.75, 3.05) is 5.75 Å². The third kappa shape index (κ3) is 4.02. The molecule has 5 heteroatoms. The molecular formula is C16H16F3NS. The van der Waals surface area contributed by atoms with Gasteiger partial charge in [-0.2, -0.15) is 13.2 Å². The Hall–Kier alpha value is -1.46. The molecule has 0 heterocycles. The molecule has 0 aromatic heterocycles. The fraction of sp³-hybridized carbons (Fsp3) is 0.250. The van der Waals surface area contributed by atoms with E-state index < -0.39 is 17.8 Å². The van der Waals surface area contributed by atoms with Crippen molar-refractivity contribution in [2.24, 2.45) is 5.73 Å². The quantitative estimate of drug-likeness (QED) is 0.816. The largest absolute Gasteiger partial charge is 0.416 e. The summed E-state index contributed by atoms with van der Waals surface area (Å²) in [7, 11) is 0. The van der Waals surface area contributed by atoms with E-state index in [4.69, 9.17) is 5.73 Å². The number of benzene rings is 2. The average Bonchev–Trinajstić information content (AvgIpc) is 2.47. The molecule has 0 fully saturated rings. The van der Waals surface area contributed by atoms with Crippen molar-refractivity contribution in [3.63, 3.8) is 0 Å². The van der Waals surface area contributed by atoms with Crippen LogP contribution in [-0.2, 0) is 6.18 Å². The van der Waals surface area contributed by atoms with Crippen LogP contribution in [0.5, 0.6) is 0 Å². The van der Waals surface area contributed by atoms with Crippen molar-refractivity contribution in [3.05, 3.63) is 65.2 Å². The highest BCUT2D eigenvalue weighted by Crippen LogP contribution is 2.31. The summed E-state index contributed by atoms with van der Waals surface area (Å²) in [5.74, 6) is 0.971. The van der Waals surface area contributed by atoms with E-state index in [9.17, 15) is 13.2 Å². The molecule has 2 N–H and O–H groups in total. The van der Waals surface area contributed by atoms with E-state index in [1.54, 1.807) is 17.8 Å². The van der Waals surface area contributed by atoms with Gasteiger partial charge < -0.3 is 5.73 Å². The predicted octanol–water partition coefficient (Wildman–Crippen LogP) is 4.87. The van der Waals surface area contributed by atoms with Crippen molar-refractivity contribution in [2.45, 2.75) is 24.0 Å². The molecule has 0 spiro atoms. The Morgan fingerprint density at radius 2 is 1.71 bits per heavy atom. The van der Waals surface area contributed by atoms with E-state index in [2.05, 4.69) is 6.92 Å². The summed E-state index contributed by atoms with van der Waals surface area (Å²) < 4.78 is 38.2. The molecule has 112 valence electrons. The van der Waals surface area contributed by atoms with Crippen LogP contribution in [0.3, 0.4) is 0 Å². The van der Waals surface area contributed by atoms with Crippen LogP contribution in [0.4, 0.5) is 13.2 Å². The van der Waals surface area contributed by atoms with Crippen molar-refractivity contribution >= 4 is 11.8 Å². The Morgan fingerprint density at radius 1 is 1.05 bits per heavy atom. The van der Waals surface area contributed by atoms with Crippen LogP contribution in [0.2, 0.25) is 0 Å². The van der Waals surface area contributed by atoms with Gasteiger partial charge in [0.25, 0.3) is 0 Å². The molecule has 1 nitrogen and oxygen atoms in total. The molecule has 2 aromatic carbocycles. The van der Waals surface area contributed by atoms with Crippen LogP contribution in [0.1, 0.15) is 29.7 Å². The number of hydrogen-bond acceptors (Lipinski definition) is 2. The van der Waals surface area contributed by atoms with Crippen LogP contribution in [-0.4, -0.2) is 5.75 Å². The van der Waals surface area contributed by atoms with Gasteiger partial charge in [0.1, 0.15) is 0 Å². The van der Waals surface area contributed by atoms with Crippen molar-refractivity contribution < 1.29 is 13.2 Å². The molecule has 0 aliphatic heterocycles. The van der Waals surface area contributed by atoms with Gasteiger partial charge in [-0.05, 0) is 41.1 Å². The molecule has 0 aliphatic carbocycles. The van der Waals surface area contributed by atoms with Crippen LogP contribution in [0, 0.1) is 0 Å². The molecule has 2 aromatic rings. The number of halogens is 3. The molecule has 0 saturated carbocycles. The van der Waals surface area contributed by atoms with Crippen molar-refractivity contribution in [1.82, 2.24) is 0 Å². The first kappa shape index (κ1) is 15.9. The number of thioether (sulfide) groups is 1. The summed E-state index contributed by atoms with van der Waals surface area (Å²) in [4.78, 5) is 1.12. The third-order valence-corrected chi connectivity index (χ3v) is 4.02. The van der Waals surface area contributed by atoms with Gasteiger partial charge in [-0.25, -0.2) is 0 Å². The van der Waals surface area contributed by atoms with Crippen molar-refractivity contribution in [3.8, 4) is 0 Å². The van der Waals surface area contributed by atoms with Gasteiger partial charge in [-0.3, -0.25) is 0 Å². The lowest BCUT2D eigenvalue weighted by Gasteiger charge is -2.15. The Morgan fingerprint density at radius 3 is 2.29 bits per heavy atom. The minimum atomic E-state index is -4.35. The SMILES string of the molecule is CCSc1ccc(C(N)c2cccc(C(F)(F)F)c2)cc1. The van der Waals surface area contributed by atoms with Gasteiger partial charge >= 0.3 is 6.18 Å². The van der Waals surface area contributed by atoms with E-state index in [-0.39, 0.29) is 0 Å². The number of nitrogens with two attached hydrogens (primary N) is 1. The fourth-order valence-corrected chi connectivity index (χ4v) is 2.70. The molecule has 2 rings (SSSR count). The summed E-state index contributed by atoms with van der Waals surface area (Å²) in [5, 5.41) is 0. The molecule has 0 amide bonds. The molecule has 1 atom stereocenters. The maximum Gasteiger partial charge on any atom is 0.416 e. The predicted molar refractivity (Wildman–Crippen MR) is 80.3 cm³/mol. The summed E-state index contributed by atoms with van der Waals surface area (Å²) in [5.41, 5.74) is 6.67. The zero-order chi connectivity index (χ0) is 15.5. The molecule has 0 saturated heterocycles. The van der Waals surface area contributed by atoms with Crippen LogP contribution >= 0.6 is 11.8 Å². The maximum absolute atomic E-state index is 12.7. The summed E-state index contributed by atoms with van der Waals surface area (Å²) in [6, 6.07) is 12.2. The second-order valence-electron chi connectivity index (χ2n) is 4.60. The van der Waals surface area contributed by atoms with Gasteiger partial charge in [0.15, 0.2) is 0 Å². The monoisotopic (exact) mass is 311 g/mol. The zero-order valence-electron chi connectivity index (χ0n) is 11.5. The Kier molecular flexibility index (Phi) is 4.96. The summed E-state index contributed by atoms with van der Waals surface area (Å²) >= 11 is 1.71. The Bertz CT molecular complexity index is 593. The van der Waals surface area contributed by atoms with E-state index in [1.165, 1.54) is 6.07 Å².